The van der Waals surface area contributed by atoms with Gasteiger partial charge in [0.05, 0.1) is 5.02 Å². The van der Waals surface area contributed by atoms with Crippen LogP contribution in [0.15, 0.2) is 18.2 Å². The third kappa shape index (κ3) is 3.86. The first-order chi connectivity index (χ1) is 8.16. The predicted molar refractivity (Wildman–Crippen MR) is 67.1 cm³/mol. The molecule has 1 aromatic rings. The summed E-state index contributed by atoms with van der Waals surface area (Å²) < 4.78 is 18.3. The molecule has 1 aliphatic carbocycles. The lowest BCUT2D eigenvalue weighted by atomic mass is 10.2. The van der Waals surface area contributed by atoms with Crippen LogP contribution in [0.4, 0.5) is 4.39 Å². The van der Waals surface area contributed by atoms with Gasteiger partial charge in [-0.1, -0.05) is 11.6 Å². The van der Waals surface area contributed by atoms with Gasteiger partial charge in [-0.2, -0.15) is 0 Å². The number of hydrogen-bond acceptors (Lipinski definition) is 2. The Kier molecular flexibility index (Phi) is 4.24. The molecule has 0 bridgehead atoms. The van der Waals surface area contributed by atoms with Crippen LogP contribution in [0.1, 0.15) is 19.8 Å². The number of nitrogens with one attached hydrogen (secondary N) is 1. The fourth-order valence-electron chi connectivity index (χ4n) is 1.80. The molecule has 4 heteroatoms. The average Bonchev–Trinajstić information content (AvgIpc) is 3.10. The van der Waals surface area contributed by atoms with E-state index < -0.39 is 0 Å². The van der Waals surface area contributed by atoms with Crippen LogP contribution < -0.4 is 10.1 Å². The highest BCUT2D eigenvalue weighted by molar-refractivity contribution is 6.32. The number of rotatable bonds is 6. The molecule has 0 aliphatic heterocycles. The van der Waals surface area contributed by atoms with Crippen molar-refractivity contribution in [2.24, 2.45) is 5.92 Å². The zero-order chi connectivity index (χ0) is 12.3. The minimum atomic E-state index is -0.345. The third-order valence-corrected chi connectivity index (χ3v) is 3.34. The van der Waals surface area contributed by atoms with E-state index in [2.05, 4.69) is 12.2 Å². The lowest BCUT2D eigenvalue weighted by Gasteiger charge is -2.13. The normalized spacial score (nSPS) is 16.9. The van der Waals surface area contributed by atoms with Gasteiger partial charge in [0, 0.05) is 12.6 Å². The van der Waals surface area contributed by atoms with Crippen LogP contribution in [0.3, 0.4) is 0 Å². The average molecular weight is 258 g/mol. The van der Waals surface area contributed by atoms with E-state index in [0.29, 0.717) is 23.4 Å². The summed E-state index contributed by atoms with van der Waals surface area (Å²) in [5, 5.41) is 3.72. The van der Waals surface area contributed by atoms with E-state index in [1.807, 2.05) is 0 Å². The summed E-state index contributed by atoms with van der Waals surface area (Å²) in [5.41, 5.74) is 0. The lowest BCUT2D eigenvalue weighted by Crippen LogP contribution is -2.31. The quantitative estimate of drug-likeness (QED) is 0.790. The van der Waals surface area contributed by atoms with Gasteiger partial charge in [0.25, 0.3) is 0 Å². The molecule has 0 saturated heterocycles. The van der Waals surface area contributed by atoms with E-state index in [4.69, 9.17) is 16.3 Å². The smallest absolute Gasteiger partial charge is 0.138 e. The zero-order valence-electron chi connectivity index (χ0n) is 9.88. The highest BCUT2D eigenvalue weighted by Gasteiger charge is 2.27. The lowest BCUT2D eigenvalue weighted by molar-refractivity contribution is 0.303. The van der Waals surface area contributed by atoms with E-state index in [1.165, 1.54) is 25.0 Å². The maximum Gasteiger partial charge on any atom is 0.138 e. The predicted octanol–water partition coefficient (Wildman–Crippen LogP) is 3.25. The van der Waals surface area contributed by atoms with E-state index in [0.717, 1.165) is 12.5 Å². The third-order valence-electron chi connectivity index (χ3n) is 3.05. The SMILES string of the molecule is CC(NCCOc1ccc(F)cc1Cl)C1CC1. The Morgan fingerprint density at radius 1 is 1.53 bits per heavy atom. The van der Waals surface area contributed by atoms with Crippen molar-refractivity contribution in [1.82, 2.24) is 5.32 Å². The van der Waals surface area contributed by atoms with Gasteiger partial charge in [-0.15, -0.1) is 0 Å². The maximum absolute atomic E-state index is 12.8. The van der Waals surface area contributed by atoms with Gasteiger partial charge in [0.1, 0.15) is 18.2 Å². The van der Waals surface area contributed by atoms with Crippen LogP contribution in [0.2, 0.25) is 5.02 Å². The van der Waals surface area contributed by atoms with E-state index in [1.54, 1.807) is 6.07 Å². The maximum atomic E-state index is 12.8. The largest absolute Gasteiger partial charge is 0.491 e. The van der Waals surface area contributed by atoms with Crippen LogP contribution in [0.5, 0.6) is 5.75 Å². The van der Waals surface area contributed by atoms with Crippen molar-refractivity contribution in [3.05, 3.63) is 29.0 Å². The molecule has 0 heterocycles. The molecule has 94 valence electrons. The Balaban J connectivity index is 1.70. The van der Waals surface area contributed by atoms with Gasteiger partial charge in [-0.25, -0.2) is 4.39 Å². The summed E-state index contributed by atoms with van der Waals surface area (Å²) in [6.45, 7) is 3.52. The van der Waals surface area contributed by atoms with Gasteiger partial charge in [0.15, 0.2) is 0 Å². The fourth-order valence-corrected chi connectivity index (χ4v) is 2.02. The van der Waals surface area contributed by atoms with Gasteiger partial charge in [0.2, 0.25) is 0 Å². The monoisotopic (exact) mass is 257 g/mol. The second-order valence-corrected chi connectivity index (χ2v) is 4.91. The molecule has 1 unspecified atom stereocenters. The van der Waals surface area contributed by atoms with E-state index >= 15 is 0 Å². The van der Waals surface area contributed by atoms with Crippen LogP contribution in [-0.4, -0.2) is 19.2 Å². The molecule has 0 radical (unpaired) electrons. The molecular formula is C13H17ClFNO. The number of ether oxygens (including phenoxy) is 1. The minimum Gasteiger partial charge on any atom is -0.491 e. The highest BCUT2D eigenvalue weighted by Crippen LogP contribution is 2.32. The Morgan fingerprint density at radius 2 is 2.29 bits per heavy atom. The molecular weight excluding hydrogens is 241 g/mol. The molecule has 2 rings (SSSR count). The minimum absolute atomic E-state index is 0.320. The Morgan fingerprint density at radius 3 is 2.94 bits per heavy atom. The van der Waals surface area contributed by atoms with Gasteiger partial charge < -0.3 is 10.1 Å². The molecule has 17 heavy (non-hydrogen) atoms. The van der Waals surface area contributed by atoms with Crippen LogP contribution in [0.25, 0.3) is 0 Å². The summed E-state index contributed by atoms with van der Waals surface area (Å²) in [5.74, 6) is 1.03. The molecule has 2 nitrogen and oxygen atoms in total. The number of halogens is 2. The van der Waals surface area contributed by atoms with Crippen molar-refractivity contribution in [2.75, 3.05) is 13.2 Å². The van der Waals surface area contributed by atoms with E-state index in [-0.39, 0.29) is 5.82 Å². The van der Waals surface area contributed by atoms with Crippen molar-refractivity contribution in [3.63, 3.8) is 0 Å². The standard InChI is InChI=1S/C13H17ClFNO/c1-9(10-2-3-10)16-6-7-17-13-5-4-11(15)8-12(13)14/h4-5,8-10,16H,2-3,6-7H2,1H3. The molecule has 1 aromatic carbocycles. The number of hydrogen-bond donors (Lipinski definition) is 1. The summed E-state index contributed by atoms with van der Waals surface area (Å²) in [6.07, 6.45) is 2.66. The highest BCUT2D eigenvalue weighted by atomic mass is 35.5. The van der Waals surface area contributed by atoms with Gasteiger partial charge in [-0.05, 0) is 43.9 Å². The molecule has 1 atom stereocenters. The summed E-state index contributed by atoms with van der Waals surface area (Å²) >= 11 is 5.85. The Hall–Kier alpha value is -0.800. The molecule has 1 fully saturated rings. The fraction of sp³-hybridized carbons (Fsp3) is 0.538. The molecule has 1 saturated carbocycles. The van der Waals surface area contributed by atoms with Crippen molar-refractivity contribution in [1.29, 1.82) is 0 Å². The molecule has 1 aliphatic rings. The molecule has 0 spiro atoms. The van der Waals surface area contributed by atoms with Gasteiger partial charge in [-0.3, -0.25) is 0 Å². The van der Waals surface area contributed by atoms with E-state index in [9.17, 15) is 4.39 Å². The van der Waals surface area contributed by atoms with Crippen molar-refractivity contribution in [2.45, 2.75) is 25.8 Å². The van der Waals surface area contributed by atoms with Crippen molar-refractivity contribution < 1.29 is 9.13 Å². The van der Waals surface area contributed by atoms with Crippen molar-refractivity contribution in [3.8, 4) is 5.75 Å². The number of benzene rings is 1. The second kappa shape index (κ2) is 5.69. The molecule has 0 amide bonds. The summed E-state index contributed by atoms with van der Waals surface area (Å²) in [6, 6.07) is 4.72. The van der Waals surface area contributed by atoms with Crippen LogP contribution in [-0.2, 0) is 0 Å². The first-order valence-electron chi connectivity index (χ1n) is 5.98. The Labute approximate surface area is 106 Å². The summed E-state index contributed by atoms with van der Waals surface area (Å²) in [7, 11) is 0. The van der Waals surface area contributed by atoms with Gasteiger partial charge >= 0.3 is 0 Å². The molecule has 0 aromatic heterocycles. The van der Waals surface area contributed by atoms with Crippen molar-refractivity contribution >= 4 is 11.6 Å². The topological polar surface area (TPSA) is 21.3 Å². The summed E-state index contributed by atoms with van der Waals surface area (Å²) in [4.78, 5) is 0. The Bertz CT molecular complexity index is 382. The second-order valence-electron chi connectivity index (χ2n) is 4.50. The molecule has 1 N–H and O–H groups in total. The van der Waals surface area contributed by atoms with Crippen LogP contribution in [0, 0.1) is 11.7 Å². The van der Waals surface area contributed by atoms with Crippen LogP contribution >= 0.6 is 11.6 Å². The first kappa shape index (κ1) is 12.7. The zero-order valence-corrected chi connectivity index (χ0v) is 10.6. The first-order valence-corrected chi connectivity index (χ1v) is 6.36.